The molecule has 1 fully saturated rings. The van der Waals surface area contributed by atoms with E-state index in [1.165, 1.54) is 28.6 Å². The van der Waals surface area contributed by atoms with Crippen molar-refractivity contribution < 1.29 is 17.6 Å². The van der Waals surface area contributed by atoms with Gasteiger partial charge in [-0.05, 0) is 61.2 Å². The molecule has 5 nitrogen and oxygen atoms in total. The van der Waals surface area contributed by atoms with E-state index >= 15 is 0 Å². The first-order valence-electron chi connectivity index (χ1n) is 8.64. The number of carbonyl (C=O) groups is 1. The first-order valence-corrected chi connectivity index (χ1v) is 10.5. The van der Waals surface area contributed by atoms with E-state index < -0.39 is 21.7 Å². The lowest BCUT2D eigenvalue weighted by Gasteiger charge is -2.29. The molecule has 1 heterocycles. The van der Waals surface area contributed by atoms with Crippen LogP contribution < -0.4 is 5.32 Å². The number of nitrogens with one attached hydrogen (secondary N) is 1. The molecule has 0 bridgehead atoms. The first kappa shape index (κ1) is 19.8. The van der Waals surface area contributed by atoms with Gasteiger partial charge in [-0.1, -0.05) is 18.5 Å². The average Bonchev–Trinajstić information content (AvgIpc) is 2.64. The summed E-state index contributed by atoms with van der Waals surface area (Å²) in [4.78, 5) is 12.1. The van der Waals surface area contributed by atoms with E-state index in [0.29, 0.717) is 29.6 Å². The maximum absolute atomic E-state index is 14.4. The van der Waals surface area contributed by atoms with E-state index in [0.717, 1.165) is 18.9 Å². The topological polar surface area (TPSA) is 66.5 Å². The SMILES string of the molecule is CC1CCN(S(=O)(=O)c2ccc(NC(=O)c3ccc(Cl)cc3)c(F)c2)CC1. The predicted octanol–water partition coefficient (Wildman–Crippen LogP) is 4.15. The summed E-state index contributed by atoms with van der Waals surface area (Å²) in [5.41, 5.74) is 0.235. The van der Waals surface area contributed by atoms with Crippen molar-refractivity contribution in [1.29, 1.82) is 0 Å². The van der Waals surface area contributed by atoms with Gasteiger partial charge in [0.05, 0.1) is 10.6 Å². The zero-order chi connectivity index (χ0) is 19.6. The lowest BCUT2D eigenvalue weighted by molar-refractivity contribution is 0.102. The Balaban J connectivity index is 1.77. The normalized spacial score (nSPS) is 16.3. The highest BCUT2D eigenvalue weighted by Crippen LogP contribution is 2.26. The number of carbonyl (C=O) groups excluding carboxylic acids is 1. The number of anilines is 1. The standard InChI is InChI=1S/C19H20ClFN2O3S/c1-13-8-10-23(11-9-13)27(25,26)16-6-7-18(17(21)12-16)22-19(24)14-2-4-15(20)5-3-14/h2-7,12-13H,8-11H2,1H3,(H,22,24). The summed E-state index contributed by atoms with van der Waals surface area (Å²) < 4.78 is 41.2. The lowest BCUT2D eigenvalue weighted by atomic mass is 10.0. The zero-order valence-corrected chi connectivity index (χ0v) is 16.4. The van der Waals surface area contributed by atoms with Crippen LogP contribution in [0.5, 0.6) is 0 Å². The van der Waals surface area contributed by atoms with Crippen LogP contribution >= 0.6 is 11.6 Å². The molecule has 27 heavy (non-hydrogen) atoms. The molecular weight excluding hydrogens is 391 g/mol. The molecule has 8 heteroatoms. The Labute approximate surface area is 163 Å². The number of piperidine rings is 1. The molecule has 2 aromatic rings. The third-order valence-electron chi connectivity index (χ3n) is 4.68. The molecule has 1 amide bonds. The molecule has 0 aromatic heterocycles. The van der Waals surface area contributed by atoms with Gasteiger partial charge in [0.2, 0.25) is 10.0 Å². The van der Waals surface area contributed by atoms with E-state index in [-0.39, 0.29) is 10.6 Å². The first-order chi connectivity index (χ1) is 12.8. The summed E-state index contributed by atoms with van der Waals surface area (Å²) in [7, 11) is -3.74. The second-order valence-electron chi connectivity index (χ2n) is 6.69. The Hall–Kier alpha value is -1.96. The van der Waals surface area contributed by atoms with Crippen LogP contribution in [0.3, 0.4) is 0 Å². The van der Waals surface area contributed by atoms with Gasteiger partial charge in [-0.15, -0.1) is 0 Å². The molecule has 1 aliphatic heterocycles. The number of hydrogen-bond donors (Lipinski definition) is 1. The van der Waals surface area contributed by atoms with Gasteiger partial charge in [0.1, 0.15) is 5.82 Å². The minimum Gasteiger partial charge on any atom is -0.319 e. The van der Waals surface area contributed by atoms with Crippen molar-refractivity contribution in [1.82, 2.24) is 4.31 Å². The fraction of sp³-hybridized carbons (Fsp3) is 0.316. The van der Waals surface area contributed by atoms with Crippen LogP contribution in [0.2, 0.25) is 5.02 Å². The Morgan fingerprint density at radius 2 is 1.78 bits per heavy atom. The molecule has 144 valence electrons. The van der Waals surface area contributed by atoms with E-state index in [1.807, 2.05) is 0 Å². The van der Waals surface area contributed by atoms with Crippen LogP contribution in [0, 0.1) is 11.7 Å². The minimum absolute atomic E-state index is 0.0823. The zero-order valence-electron chi connectivity index (χ0n) is 14.8. The van der Waals surface area contributed by atoms with Gasteiger partial charge in [0.25, 0.3) is 5.91 Å². The molecule has 0 saturated carbocycles. The van der Waals surface area contributed by atoms with Gasteiger partial charge in [-0.25, -0.2) is 12.8 Å². The van der Waals surface area contributed by atoms with Gasteiger partial charge in [0, 0.05) is 23.7 Å². The third-order valence-corrected chi connectivity index (χ3v) is 6.82. The fourth-order valence-electron chi connectivity index (χ4n) is 2.93. The molecule has 0 atom stereocenters. The molecule has 2 aromatic carbocycles. The van der Waals surface area contributed by atoms with Gasteiger partial charge in [0.15, 0.2) is 0 Å². The van der Waals surface area contributed by atoms with Crippen LogP contribution in [0.15, 0.2) is 47.4 Å². The lowest BCUT2D eigenvalue weighted by Crippen LogP contribution is -2.37. The highest BCUT2D eigenvalue weighted by molar-refractivity contribution is 7.89. The molecule has 0 aliphatic carbocycles. The van der Waals surface area contributed by atoms with Crippen molar-refractivity contribution in [2.24, 2.45) is 5.92 Å². The Morgan fingerprint density at radius 1 is 1.15 bits per heavy atom. The van der Waals surface area contributed by atoms with E-state index in [9.17, 15) is 17.6 Å². The summed E-state index contributed by atoms with van der Waals surface area (Å²) in [6.45, 7) is 2.95. The number of nitrogens with zero attached hydrogens (tertiary/aromatic N) is 1. The molecule has 1 N–H and O–H groups in total. The largest absolute Gasteiger partial charge is 0.319 e. The molecule has 1 saturated heterocycles. The summed E-state index contributed by atoms with van der Waals surface area (Å²) in [6.07, 6.45) is 1.58. The monoisotopic (exact) mass is 410 g/mol. The molecule has 3 rings (SSSR count). The second kappa shape index (κ2) is 7.96. The summed E-state index contributed by atoms with van der Waals surface area (Å²) >= 11 is 5.78. The molecular formula is C19H20ClFN2O3S. The average molecular weight is 411 g/mol. The van der Waals surface area contributed by atoms with Gasteiger partial charge in [-0.3, -0.25) is 4.79 Å². The summed E-state index contributed by atoms with van der Waals surface area (Å²) in [6, 6.07) is 9.68. The molecule has 0 radical (unpaired) electrons. The van der Waals surface area contributed by atoms with E-state index in [2.05, 4.69) is 12.2 Å². The van der Waals surface area contributed by atoms with Crippen molar-refractivity contribution in [3.63, 3.8) is 0 Å². The highest BCUT2D eigenvalue weighted by atomic mass is 35.5. The molecule has 0 spiro atoms. The summed E-state index contributed by atoms with van der Waals surface area (Å²) in [5, 5.41) is 2.93. The molecule has 1 aliphatic rings. The van der Waals surface area contributed by atoms with E-state index in [4.69, 9.17) is 11.6 Å². The van der Waals surface area contributed by atoms with Crippen molar-refractivity contribution in [3.05, 3.63) is 58.9 Å². The van der Waals surface area contributed by atoms with Crippen molar-refractivity contribution in [2.45, 2.75) is 24.7 Å². The Kier molecular flexibility index (Phi) is 5.83. The highest BCUT2D eigenvalue weighted by Gasteiger charge is 2.28. The number of sulfonamides is 1. The van der Waals surface area contributed by atoms with Crippen molar-refractivity contribution >= 4 is 33.2 Å². The quantitative estimate of drug-likeness (QED) is 0.823. The smallest absolute Gasteiger partial charge is 0.255 e. The number of amides is 1. The molecule has 0 unspecified atom stereocenters. The van der Waals surface area contributed by atoms with Gasteiger partial charge >= 0.3 is 0 Å². The predicted molar refractivity (Wildman–Crippen MR) is 103 cm³/mol. The number of hydrogen-bond acceptors (Lipinski definition) is 3. The van der Waals surface area contributed by atoms with Crippen molar-refractivity contribution in [3.8, 4) is 0 Å². The van der Waals surface area contributed by atoms with Gasteiger partial charge in [-0.2, -0.15) is 4.31 Å². The number of benzene rings is 2. The number of halogens is 2. The second-order valence-corrected chi connectivity index (χ2v) is 9.06. The Bertz CT molecular complexity index is 940. The van der Waals surface area contributed by atoms with Crippen LogP contribution in [0.4, 0.5) is 10.1 Å². The number of rotatable bonds is 4. The van der Waals surface area contributed by atoms with Crippen LogP contribution in [-0.4, -0.2) is 31.7 Å². The van der Waals surface area contributed by atoms with Crippen LogP contribution in [-0.2, 0) is 10.0 Å². The fourth-order valence-corrected chi connectivity index (χ4v) is 4.54. The maximum Gasteiger partial charge on any atom is 0.255 e. The van der Waals surface area contributed by atoms with Crippen LogP contribution in [0.1, 0.15) is 30.1 Å². The van der Waals surface area contributed by atoms with Gasteiger partial charge < -0.3 is 5.32 Å². The van der Waals surface area contributed by atoms with Crippen LogP contribution in [0.25, 0.3) is 0 Å². The summed E-state index contributed by atoms with van der Waals surface area (Å²) in [5.74, 6) is -0.825. The van der Waals surface area contributed by atoms with E-state index in [1.54, 1.807) is 12.1 Å². The third kappa shape index (κ3) is 4.48. The van der Waals surface area contributed by atoms with Crippen molar-refractivity contribution in [2.75, 3.05) is 18.4 Å². The Morgan fingerprint density at radius 3 is 2.37 bits per heavy atom. The minimum atomic E-state index is -3.74. The maximum atomic E-state index is 14.4.